The highest BCUT2D eigenvalue weighted by atomic mass is 32.1. The van der Waals surface area contributed by atoms with E-state index >= 15 is 0 Å². The molecule has 0 aliphatic rings. The van der Waals surface area contributed by atoms with Gasteiger partial charge in [-0.25, -0.2) is 4.98 Å². The third-order valence-electron chi connectivity index (χ3n) is 7.35. The number of fused-ring (bicyclic) bond motifs is 4. The molecule has 8 aromatic rings. The predicted molar refractivity (Wildman–Crippen MR) is 166 cm³/mol. The summed E-state index contributed by atoms with van der Waals surface area (Å²) in [5.41, 5.74) is 9.58. The molecule has 0 radical (unpaired) electrons. The van der Waals surface area contributed by atoms with Crippen LogP contribution in [0.2, 0.25) is 0 Å². The molecule has 0 spiro atoms. The van der Waals surface area contributed by atoms with Crippen molar-refractivity contribution >= 4 is 43.4 Å². The first-order valence-corrected chi connectivity index (χ1v) is 14.0. The van der Waals surface area contributed by atoms with Crippen molar-refractivity contribution in [3.63, 3.8) is 0 Å². The zero-order valence-corrected chi connectivity index (χ0v) is 22.2. The number of para-hydroxylation sites is 2. The minimum atomic E-state index is 0.938. The Morgan fingerprint density at radius 1 is 0.550 bits per heavy atom. The van der Waals surface area contributed by atoms with E-state index in [1.807, 2.05) is 42.7 Å². The summed E-state index contributed by atoms with van der Waals surface area (Å²) < 4.78 is 3.51. The molecule has 0 bridgehead atoms. The molecule has 4 aromatic carbocycles. The lowest BCUT2D eigenvalue weighted by Crippen LogP contribution is -1.95. The molecule has 0 N–H and O–H groups in total. The Labute approximate surface area is 234 Å². The first-order valence-electron chi connectivity index (χ1n) is 13.2. The highest BCUT2D eigenvalue weighted by molar-refractivity contribution is 7.21. The fourth-order valence-corrected chi connectivity index (χ4v) is 6.51. The van der Waals surface area contributed by atoms with Crippen molar-refractivity contribution < 1.29 is 0 Å². The molecule has 0 unspecified atom stereocenters. The Kier molecular flexibility index (Phi) is 5.28. The lowest BCUT2D eigenvalue weighted by Gasteiger charge is -2.10. The monoisotopic (exact) mass is 530 g/mol. The topological polar surface area (TPSA) is 43.6 Å². The quantitative estimate of drug-likeness (QED) is 0.228. The van der Waals surface area contributed by atoms with Crippen molar-refractivity contribution in [2.75, 3.05) is 0 Å². The van der Waals surface area contributed by atoms with E-state index in [0.29, 0.717) is 0 Å². The van der Waals surface area contributed by atoms with E-state index in [9.17, 15) is 0 Å². The molecule has 0 saturated heterocycles. The van der Waals surface area contributed by atoms with Gasteiger partial charge in [0.25, 0.3) is 0 Å². The number of aromatic nitrogens is 4. The molecule has 4 nitrogen and oxygen atoms in total. The highest BCUT2D eigenvalue weighted by Gasteiger charge is 2.16. The fourth-order valence-electron chi connectivity index (χ4n) is 5.52. The predicted octanol–water partition coefficient (Wildman–Crippen LogP) is 9.18. The normalized spacial score (nSPS) is 11.5. The van der Waals surface area contributed by atoms with Crippen molar-refractivity contribution in [3.05, 3.63) is 134 Å². The molecule has 5 heteroatoms. The number of rotatable bonds is 4. The van der Waals surface area contributed by atoms with E-state index in [1.54, 1.807) is 11.3 Å². The number of nitrogens with zero attached hydrogens (tertiary/aromatic N) is 4. The third-order valence-corrected chi connectivity index (χ3v) is 8.42. The summed E-state index contributed by atoms with van der Waals surface area (Å²) in [6.45, 7) is 0. The van der Waals surface area contributed by atoms with E-state index in [0.717, 1.165) is 54.5 Å². The van der Waals surface area contributed by atoms with Gasteiger partial charge >= 0.3 is 0 Å². The summed E-state index contributed by atoms with van der Waals surface area (Å²) in [5, 5.41) is 3.45. The smallest absolute Gasteiger partial charge is 0.124 e. The van der Waals surface area contributed by atoms with Gasteiger partial charge in [-0.15, -0.1) is 11.3 Å². The zero-order valence-electron chi connectivity index (χ0n) is 21.4. The standard InChI is InChI=1S/C35H22N4S/c1-2-15-31-26(11-1)27-18-17-24(35-38-34-28(12-8-16-33(34)40-35)30-14-4-6-20-37-30)22-32(27)39(31)25-10-7-9-23(21-25)29-13-3-5-19-36-29/h1-22H. The van der Waals surface area contributed by atoms with Gasteiger partial charge in [0.1, 0.15) is 5.01 Å². The highest BCUT2D eigenvalue weighted by Crippen LogP contribution is 2.39. The molecule has 8 rings (SSSR count). The van der Waals surface area contributed by atoms with Crippen LogP contribution in [0.25, 0.3) is 70.8 Å². The molecule has 0 fully saturated rings. The van der Waals surface area contributed by atoms with Crippen molar-refractivity contribution in [2.24, 2.45) is 0 Å². The van der Waals surface area contributed by atoms with Crippen molar-refractivity contribution in [3.8, 4) is 38.8 Å². The average Bonchev–Trinajstić information content (AvgIpc) is 3.61. The summed E-state index contributed by atoms with van der Waals surface area (Å²) in [5.74, 6) is 0. The molecular weight excluding hydrogens is 508 g/mol. The van der Waals surface area contributed by atoms with Gasteiger partial charge in [0.2, 0.25) is 0 Å². The Morgan fingerprint density at radius 3 is 2.17 bits per heavy atom. The summed E-state index contributed by atoms with van der Waals surface area (Å²) >= 11 is 1.72. The number of pyridine rings is 2. The third kappa shape index (κ3) is 3.71. The van der Waals surface area contributed by atoms with Gasteiger partial charge in [0.05, 0.1) is 32.6 Å². The van der Waals surface area contributed by atoms with Gasteiger partial charge in [0.15, 0.2) is 0 Å². The average molecular weight is 531 g/mol. The molecule has 0 amide bonds. The van der Waals surface area contributed by atoms with E-state index < -0.39 is 0 Å². The summed E-state index contributed by atoms with van der Waals surface area (Å²) in [6, 6.07) is 42.3. The Balaban J connectivity index is 1.33. The number of hydrogen-bond donors (Lipinski definition) is 0. The first kappa shape index (κ1) is 22.8. The SMILES string of the molecule is c1ccc(-c2cccc(-n3c4ccccc4c4ccc(-c5nc6c(-c7ccccn7)cccc6s5)cc43)c2)nc1. The van der Waals surface area contributed by atoms with Crippen LogP contribution in [0.4, 0.5) is 0 Å². The molecule has 188 valence electrons. The lowest BCUT2D eigenvalue weighted by molar-refractivity contribution is 1.18. The Bertz CT molecular complexity index is 2160. The fraction of sp³-hybridized carbons (Fsp3) is 0. The molecule has 0 saturated carbocycles. The maximum atomic E-state index is 5.14. The van der Waals surface area contributed by atoms with E-state index in [4.69, 9.17) is 4.98 Å². The van der Waals surface area contributed by atoms with E-state index in [1.165, 1.54) is 16.3 Å². The van der Waals surface area contributed by atoms with Crippen LogP contribution >= 0.6 is 11.3 Å². The van der Waals surface area contributed by atoms with Gasteiger partial charge in [0, 0.05) is 45.5 Å². The Hall–Kier alpha value is -5.13. The first-order chi connectivity index (χ1) is 19.8. The van der Waals surface area contributed by atoms with Crippen molar-refractivity contribution in [2.45, 2.75) is 0 Å². The number of thiazole rings is 1. The summed E-state index contributed by atoms with van der Waals surface area (Å²) in [6.07, 6.45) is 3.67. The van der Waals surface area contributed by atoms with Crippen LogP contribution in [0.1, 0.15) is 0 Å². The molecule has 4 aromatic heterocycles. The maximum absolute atomic E-state index is 5.14. The van der Waals surface area contributed by atoms with Crippen LogP contribution in [0, 0.1) is 0 Å². The zero-order chi connectivity index (χ0) is 26.5. The molecule has 0 aliphatic heterocycles. The number of hydrogen-bond acceptors (Lipinski definition) is 4. The van der Waals surface area contributed by atoms with Crippen molar-refractivity contribution in [1.29, 1.82) is 0 Å². The molecule has 0 atom stereocenters. The second kappa shape index (κ2) is 9.26. The van der Waals surface area contributed by atoms with Gasteiger partial charge in [-0.05, 0) is 54.6 Å². The van der Waals surface area contributed by atoms with Gasteiger partial charge in [-0.1, -0.05) is 66.7 Å². The van der Waals surface area contributed by atoms with Crippen molar-refractivity contribution in [1.82, 2.24) is 19.5 Å². The molecule has 40 heavy (non-hydrogen) atoms. The van der Waals surface area contributed by atoms with E-state index in [2.05, 4.69) is 106 Å². The van der Waals surface area contributed by atoms with Crippen LogP contribution in [0.15, 0.2) is 134 Å². The molecule has 4 heterocycles. The summed E-state index contributed by atoms with van der Waals surface area (Å²) in [4.78, 5) is 14.3. The minimum Gasteiger partial charge on any atom is -0.309 e. The van der Waals surface area contributed by atoms with Crippen LogP contribution in [-0.2, 0) is 0 Å². The maximum Gasteiger partial charge on any atom is 0.124 e. The second-order valence-corrected chi connectivity index (χ2v) is 10.8. The van der Waals surface area contributed by atoms with E-state index in [-0.39, 0.29) is 0 Å². The second-order valence-electron chi connectivity index (χ2n) is 9.74. The van der Waals surface area contributed by atoms with Crippen LogP contribution in [-0.4, -0.2) is 19.5 Å². The van der Waals surface area contributed by atoms with Crippen LogP contribution in [0.5, 0.6) is 0 Å². The van der Waals surface area contributed by atoms with Crippen LogP contribution in [0.3, 0.4) is 0 Å². The molecule has 0 aliphatic carbocycles. The molecular formula is C35H22N4S. The van der Waals surface area contributed by atoms with Gasteiger partial charge < -0.3 is 4.57 Å². The lowest BCUT2D eigenvalue weighted by atomic mass is 10.1. The van der Waals surface area contributed by atoms with Gasteiger partial charge in [-0.2, -0.15) is 0 Å². The summed E-state index contributed by atoms with van der Waals surface area (Å²) in [7, 11) is 0. The Morgan fingerprint density at radius 2 is 1.32 bits per heavy atom. The van der Waals surface area contributed by atoms with Gasteiger partial charge in [-0.3, -0.25) is 9.97 Å². The largest absolute Gasteiger partial charge is 0.309 e. The number of benzene rings is 4. The minimum absolute atomic E-state index is 0.938. The van der Waals surface area contributed by atoms with Crippen LogP contribution < -0.4 is 0 Å².